The summed E-state index contributed by atoms with van der Waals surface area (Å²) in [4.78, 5) is 8.32. The van der Waals surface area contributed by atoms with E-state index in [0.717, 1.165) is 10.9 Å². The number of nitrogens with zero attached hydrogens (tertiary/aromatic N) is 2. The quantitative estimate of drug-likeness (QED) is 0.549. The van der Waals surface area contributed by atoms with Crippen molar-refractivity contribution < 1.29 is 5.11 Å². The molecule has 1 aromatic heterocycles. The zero-order valence-corrected chi connectivity index (χ0v) is 9.21. The van der Waals surface area contributed by atoms with Gasteiger partial charge in [0.05, 0.1) is 6.10 Å². The lowest BCUT2D eigenvalue weighted by Gasteiger charge is -2.08. The van der Waals surface area contributed by atoms with Crippen LogP contribution >= 0.6 is 11.8 Å². The fourth-order valence-electron chi connectivity index (χ4n) is 0.961. The van der Waals surface area contributed by atoms with Crippen LogP contribution in [0.15, 0.2) is 17.4 Å². The van der Waals surface area contributed by atoms with Gasteiger partial charge in [-0.05, 0) is 20.0 Å². The van der Waals surface area contributed by atoms with Gasteiger partial charge >= 0.3 is 0 Å². The standard InChI is InChI=1S/C9H15N3OS/c1-7-3-4-11-9(12-7)14-6-8(13)5-10-2/h3-4,8,10,13H,5-6H2,1-2H3. The summed E-state index contributed by atoms with van der Waals surface area (Å²) in [5.74, 6) is 0.615. The molecule has 0 bridgehead atoms. The molecule has 0 amide bonds. The average Bonchev–Trinajstić information content (AvgIpc) is 2.15. The lowest BCUT2D eigenvalue weighted by Crippen LogP contribution is -2.25. The predicted molar refractivity (Wildman–Crippen MR) is 57.4 cm³/mol. The minimum atomic E-state index is -0.353. The average molecular weight is 213 g/mol. The Labute approximate surface area is 88.2 Å². The number of aromatic nitrogens is 2. The van der Waals surface area contributed by atoms with Gasteiger partial charge in [0.15, 0.2) is 5.16 Å². The molecule has 1 rings (SSSR count). The molecule has 0 aliphatic carbocycles. The van der Waals surface area contributed by atoms with Gasteiger partial charge in [-0.15, -0.1) is 0 Å². The Morgan fingerprint density at radius 1 is 1.64 bits per heavy atom. The van der Waals surface area contributed by atoms with E-state index in [9.17, 15) is 5.11 Å². The SMILES string of the molecule is CNCC(O)CSc1nccc(C)n1. The van der Waals surface area contributed by atoms with Crippen molar-refractivity contribution in [2.75, 3.05) is 19.3 Å². The normalized spacial score (nSPS) is 12.8. The monoisotopic (exact) mass is 213 g/mol. The summed E-state index contributed by atoms with van der Waals surface area (Å²) in [6, 6.07) is 1.86. The molecule has 1 aromatic rings. The number of hydrogen-bond donors (Lipinski definition) is 2. The van der Waals surface area contributed by atoms with Crippen LogP contribution in [0, 0.1) is 6.92 Å². The largest absolute Gasteiger partial charge is 0.391 e. The van der Waals surface area contributed by atoms with Gasteiger partial charge in [-0.3, -0.25) is 0 Å². The molecule has 1 unspecified atom stereocenters. The molecule has 5 heteroatoms. The second-order valence-corrected chi connectivity index (χ2v) is 3.99. The highest BCUT2D eigenvalue weighted by Crippen LogP contribution is 2.13. The van der Waals surface area contributed by atoms with E-state index < -0.39 is 0 Å². The summed E-state index contributed by atoms with van der Waals surface area (Å²) in [6.45, 7) is 2.52. The van der Waals surface area contributed by atoms with Crippen molar-refractivity contribution in [1.29, 1.82) is 0 Å². The number of aliphatic hydroxyl groups is 1. The molecule has 0 fully saturated rings. The Morgan fingerprint density at radius 3 is 3.07 bits per heavy atom. The molecule has 14 heavy (non-hydrogen) atoms. The molecule has 0 aliphatic rings. The fourth-order valence-corrected chi connectivity index (χ4v) is 1.76. The maximum absolute atomic E-state index is 9.44. The Morgan fingerprint density at radius 2 is 2.43 bits per heavy atom. The van der Waals surface area contributed by atoms with E-state index in [1.165, 1.54) is 11.8 Å². The highest BCUT2D eigenvalue weighted by atomic mass is 32.2. The van der Waals surface area contributed by atoms with Crippen LogP contribution in [0.3, 0.4) is 0 Å². The first-order valence-electron chi connectivity index (χ1n) is 4.47. The van der Waals surface area contributed by atoms with Crippen molar-refractivity contribution in [3.8, 4) is 0 Å². The smallest absolute Gasteiger partial charge is 0.187 e. The molecule has 0 aromatic carbocycles. The first-order chi connectivity index (χ1) is 6.72. The number of rotatable bonds is 5. The van der Waals surface area contributed by atoms with E-state index in [1.807, 2.05) is 20.0 Å². The number of aliphatic hydroxyl groups excluding tert-OH is 1. The van der Waals surface area contributed by atoms with Gasteiger partial charge in [0.25, 0.3) is 0 Å². The molecule has 2 N–H and O–H groups in total. The summed E-state index contributed by atoms with van der Waals surface area (Å²) in [7, 11) is 1.82. The molecule has 0 saturated heterocycles. The van der Waals surface area contributed by atoms with Crippen LogP contribution in [-0.2, 0) is 0 Å². The van der Waals surface area contributed by atoms with Crippen LogP contribution in [0.25, 0.3) is 0 Å². The summed E-state index contributed by atoms with van der Waals surface area (Å²) in [5.41, 5.74) is 0.950. The molecule has 1 atom stereocenters. The van der Waals surface area contributed by atoms with Crippen molar-refractivity contribution in [2.24, 2.45) is 0 Å². The van der Waals surface area contributed by atoms with Crippen LogP contribution in [0.5, 0.6) is 0 Å². The number of thioether (sulfide) groups is 1. The minimum Gasteiger partial charge on any atom is -0.391 e. The third-order valence-electron chi connectivity index (χ3n) is 1.62. The summed E-state index contributed by atoms with van der Waals surface area (Å²) in [6.07, 6.45) is 1.38. The van der Waals surface area contributed by atoms with E-state index in [1.54, 1.807) is 6.20 Å². The Bertz CT molecular complexity index is 283. The summed E-state index contributed by atoms with van der Waals surface area (Å²) >= 11 is 1.47. The number of aryl methyl sites for hydroxylation is 1. The van der Waals surface area contributed by atoms with E-state index in [2.05, 4.69) is 15.3 Å². The van der Waals surface area contributed by atoms with E-state index in [0.29, 0.717) is 12.3 Å². The molecule has 0 spiro atoms. The highest BCUT2D eigenvalue weighted by molar-refractivity contribution is 7.99. The van der Waals surface area contributed by atoms with E-state index in [-0.39, 0.29) is 6.10 Å². The Kier molecular flexibility index (Phi) is 4.86. The molecule has 78 valence electrons. The summed E-state index contributed by atoms with van der Waals surface area (Å²) in [5, 5.41) is 13.1. The first kappa shape index (κ1) is 11.4. The van der Waals surface area contributed by atoms with Crippen molar-refractivity contribution in [1.82, 2.24) is 15.3 Å². The lowest BCUT2D eigenvalue weighted by molar-refractivity contribution is 0.199. The van der Waals surface area contributed by atoms with Crippen LogP contribution in [-0.4, -0.2) is 40.5 Å². The Hall–Kier alpha value is -0.650. The molecular weight excluding hydrogens is 198 g/mol. The highest BCUT2D eigenvalue weighted by Gasteiger charge is 2.04. The number of nitrogens with one attached hydrogen (secondary N) is 1. The second-order valence-electron chi connectivity index (χ2n) is 3.00. The third kappa shape index (κ3) is 4.04. The van der Waals surface area contributed by atoms with Crippen molar-refractivity contribution in [3.05, 3.63) is 18.0 Å². The predicted octanol–water partition coefficient (Wildman–Crippen LogP) is 0.457. The maximum Gasteiger partial charge on any atom is 0.187 e. The van der Waals surface area contributed by atoms with Gasteiger partial charge in [0.1, 0.15) is 0 Å². The van der Waals surface area contributed by atoms with Crippen LogP contribution in [0.4, 0.5) is 0 Å². The van der Waals surface area contributed by atoms with Crippen LogP contribution in [0.2, 0.25) is 0 Å². The minimum absolute atomic E-state index is 0.353. The fraction of sp³-hybridized carbons (Fsp3) is 0.556. The first-order valence-corrected chi connectivity index (χ1v) is 5.46. The lowest BCUT2D eigenvalue weighted by atomic mass is 10.4. The van der Waals surface area contributed by atoms with Gasteiger partial charge in [0.2, 0.25) is 0 Å². The van der Waals surface area contributed by atoms with Gasteiger partial charge in [-0.25, -0.2) is 9.97 Å². The number of likely N-dealkylation sites (N-methyl/N-ethyl adjacent to an activating group) is 1. The molecule has 1 heterocycles. The van der Waals surface area contributed by atoms with E-state index >= 15 is 0 Å². The topological polar surface area (TPSA) is 58.0 Å². The second kappa shape index (κ2) is 5.95. The molecule has 4 nitrogen and oxygen atoms in total. The molecule has 0 radical (unpaired) electrons. The summed E-state index contributed by atoms with van der Waals surface area (Å²) < 4.78 is 0. The molecule has 0 aliphatic heterocycles. The Balaban J connectivity index is 2.37. The van der Waals surface area contributed by atoms with Crippen LogP contribution in [0.1, 0.15) is 5.69 Å². The van der Waals surface area contributed by atoms with Crippen molar-refractivity contribution in [3.63, 3.8) is 0 Å². The van der Waals surface area contributed by atoms with Crippen LogP contribution < -0.4 is 5.32 Å². The van der Waals surface area contributed by atoms with Gasteiger partial charge < -0.3 is 10.4 Å². The maximum atomic E-state index is 9.44. The van der Waals surface area contributed by atoms with Gasteiger partial charge in [0, 0.05) is 24.2 Å². The third-order valence-corrected chi connectivity index (χ3v) is 2.62. The number of hydrogen-bond acceptors (Lipinski definition) is 5. The zero-order chi connectivity index (χ0) is 10.4. The van der Waals surface area contributed by atoms with Crippen molar-refractivity contribution in [2.45, 2.75) is 18.2 Å². The van der Waals surface area contributed by atoms with Gasteiger partial charge in [-0.2, -0.15) is 0 Å². The molecule has 0 saturated carbocycles. The van der Waals surface area contributed by atoms with Crippen molar-refractivity contribution >= 4 is 11.8 Å². The zero-order valence-electron chi connectivity index (χ0n) is 8.40. The van der Waals surface area contributed by atoms with Gasteiger partial charge in [-0.1, -0.05) is 11.8 Å². The molecular formula is C9H15N3OS. The van der Waals surface area contributed by atoms with E-state index in [4.69, 9.17) is 0 Å².